The Morgan fingerprint density at radius 2 is 1.73 bits per heavy atom. The number of aryl methyl sites for hydroxylation is 1. The fourth-order valence-electron chi connectivity index (χ4n) is 2.13. The molecule has 0 fully saturated rings. The zero-order chi connectivity index (χ0) is 15.8. The van der Waals surface area contributed by atoms with Crippen LogP contribution in [0.15, 0.2) is 67.3 Å². The zero-order valence-electron chi connectivity index (χ0n) is 13.2. The maximum Gasteiger partial charge on any atom is 0.188 e. The average molecular weight is 294 g/mol. The first-order chi connectivity index (χ1) is 10.7. The summed E-state index contributed by atoms with van der Waals surface area (Å²) in [5, 5.41) is 0. The Morgan fingerprint density at radius 3 is 2.32 bits per heavy atom. The number of benzene rings is 2. The van der Waals surface area contributed by atoms with E-state index in [4.69, 9.17) is 9.47 Å². The van der Waals surface area contributed by atoms with Crippen LogP contribution in [-0.4, -0.2) is 13.9 Å². The third-order valence-electron chi connectivity index (χ3n) is 3.44. The fourth-order valence-corrected chi connectivity index (χ4v) is 2.13. The third-order valence-corrected chi connectivity index (χ3v) is 3.44. The van der Waals surface area contributed by atoms with Gasteiger partial charge in [-0.25, -0.2) is 0 Å². The van der Waals surface area contributed by atoms with Gasteiger partial charge in [-0.3, -0.25) is 0 Å². The molecular formula is C20H22O2. The van der Waals surface area contributed by atoms with Gasteiger partial charge in [0.2, 0.25) is 0 Å². The molecule has 0 spiro atoms. The van der Waals surface area contributed by atoms with Gasteiger partial charge < -0.3 is 9.47 Å². The van der Waals surface area contributed by atoms with Crippen LogP contribution in [0.5, 0.6) is 5.75 Å². The summed E-state index contributed by atoms with van der Waals surface area (Å²) in [5.74, 6) is 1.02. The van der Waals surface area contributed by atoms with Gasteiger partial charge in [-0.15, -0.1) is 6.58 Å². The highest BCUT2D eigenvalue weighted by Gasteiger charge is 2.02. The first kappa shape index (κ1) is 16.1. The predicted octanol–water partition coefficient (Wildman–Crippen LogP) is 4.96. The van der Waals surface area contributed by atoms with Crippen molar-refractivity contribution in [3.63, 3.8) is 0 Å². The van der Waals surface area contributed by atoms with Crippen molar-refractivity contribution in [2.45, 2.75) is 12.8 Å². The van der Waals surface area contributed by atoms with Gasteiger partial charge in [0.05, 0.1) is 0 Å². The van der Waals surface area contributed by atoms with Gasteiger partial charge in [-0.2, -0.15) is 0 Å². The second-order valence-corrected chi connectivity index (χ2v) is 5.15. The summed E-state index contributed by atoms with van der Waals surface area (Å²) in [5.41, 5.74) is 3.64. The van der Waals surface area contributed by atoms with E-state index >= 15 is 0 Å². The molecule has 0 saturated heterocycles. The van der Waals surface area contributed by atoms with Crippen LogP contribution in [0.25, 0.3) is 6.08 Å². The molecule has 0 heterocycles. The molecular weight excluding hydrogens is 272 g/mol. The third kappa shape index (κ3) is 4.61. The number of hydrogen-bond donors (Lipinski definition) is 0. The molecule has 0 N–H and O–H groups in total. The molecule has 0 aliphatic heterocycles. The van der Waals surface area contributed by atoms with Gasteiger partial charge in [0, 0.05) is 13.0 Å². The number of hydrogen-bond acceptors (Lipinski definition) is 2. The molecule has 0 saturated carbocycles. The maximum atomic E-state index is 5.37. The molecule has 0 aromatic heterocycles. The minimum Gasteiger partial charge on any atom is -0.468 e. The summed E-state index contributed by atoms with van der Waals surface area (Å²) in [7, 11) is 1.61. The molecule has 2 aromatic rings. The molecule has 2 nitrogen and oxygen atoms in total. The van der Waals surface area contributed by atoms with Gasteiger partial charge in [0.25, 0.3) is 0 Å². The first-order valence-electron chi connectivity index (χ1n) is 7.32. The van der Waals surface area contributed by atoms with E-state index in [0.29, 0.717) is 0 Å². The van der Waals surface area contributed by atoms with E-state index in [0.717, 1.165) is 11.3 Å². The summed E-state index contributed by atoms with van der Waals surface area (Å²) in [6.45, 7) is 6.29. The Bertz CT molecular complexity index is 609. The van der Waals surface area contributed by atoms with Crippen molar-refractivity contribution in [3.05, 3.63) is 84.0 Å². The van der Waals surface area contributed by atoms with Crippen LogP contribution < -0.4 is 4.74 Å². The molecule has 0 amide bonds. The largest absolute Gasteiger partial charge is 0.468 e. The van der Waals surface area contributed by atoms with Gasteiger partial charge in [-0.1, -0.05) is 60.2 Å². The lowest BCUT2D eigenvalue weighted by atomic mass is 9.97. The quantitative estimate of drug-likeness (QED) is 0.531. The van der Waals surface area contributed by atoms with E-state index in [-0.39, 0.29) is 12.7 Å². The van der Waals surface area contributed by atoms with E-state index in [1.807, 2.05) is 30.3 Å². The van der Waals surface area contributed by atoms with Gasteiger partial charge in [0.1, 0.15) is 5.75 Å². The topological polar surface area (TPSA) is 18.5 Å². The Hall–Kier alpha value is -2.32. The molecule has 114 valence electrons. The van der Waals surface area contributed by atoms with Crippen LogP contribution in [0.2, 0.25) is 0 Å². The highest BCUT2D eigenvalue weighted by atomic mass is 16.7. The Labute approximate surface area is 132 Å². The van der Waals surface area contributed by atoms with E-state index in [1.165, 1.54) is 11.1 Å². The highest BCUT2D eigenvalue weighted by Crippen LogP contribution is 2.21. The van der Waals surface area contributed by atoms with Crippen LogP contribution in [0.4, 0.5) is 0 Å². The molecule has 0 aliphatic carbocycles. The predicted molar refractivity (Wildman–Crippen MR) is 92.1 cm³/mol. The van der Waals surface area contributed by atoms with Crippen molar-refractivity contribution in [1.29, 1.82) is 0 Å². The van der Waals surface area contributed by atoms with Crippen molar-refractivity contribution >= 4 is 6.08 Å². The Morgan fingerprint density at radius 1 is 1.05 bits per heavy atom. The van der Waals surface area contributed by atoms with Crippen LogP contribution in [0.1, 0.15) is 22.6 Å². The molecule has 2 heteroatoms. The van der Waals surface area contributed by atoms with Crippen LogP contribution in [0, 0.1) is 6.92 Å². The monoisotopic (exact) mass is 294 g/mol. The van der Waals surface area contributed by atoms with Crippen molar-refractivity contribution in [2.24, 2.45) is 0 Å². The SMILES string of the molecule is C=CC(/C=C\c1ccc(OCOC)cc1)c1ccc(C)cc1. The second kappa shape index (κ2) is 8.20. The minimum atomic E-state index is 0.213. The lowest BCUT2D eigenvalue weighted by Gasteiger charge is -2.08. The molecule has 0 radical (unpaired) electrons. The van der Waals surface area contributed by atoms with Crippen molar-refractivity contribution in [1.82, 2.24) is 0 Å². The maximum absolute atomic E-state index is 5.37. The van der Waals surface area contributed by atoms with Crippen molar-refractivity contribution in [2.75, 3.05) is 13.9 Å². The normalized spacial score (nSPS) is 12.3. The summed E-state index contributed by atoms with van der Waals surface area (Å²) in [6.07, 6.45) is 6.21. The van der Waals surface area contributed by atoms with Gasteiger partial charge in [0.15, 0.2) is 6.79 Å². The minimum absolute atomic E-state index is 0.213. The smallest absolute Gasteiger partial charge is 0.188 e. The fraction of sp³-hybridized carbons (Fsp3) is 0.200. The second-order valence-electron chi connectivity index (χ2n) is 5.15. The molecule has 2 aromatic carbocycles. The molecule has 22 heavy (non-hydrogen) atoms. The summed E-state index contributed by atoms with van der Waals surface area (Å²) < 4.78 is 10.3. The zero-order valence-corrected chi connectivity index (χ0v) is 13.2. The van der Waals surface area contributed by atoms with Crippen LogP contribution in [0.3, 0.4) is 0 Å². The van der Waals surface area contributed by atoms with Crippen molar-refractivity contribution in [3.8, 4) is 5.75 Å². The lowest BCUT2D eigenvalue weighted by Crippen LogP contribution is -1.98. The molecule has 0 bridgehead atoms. The highest BCUT2D eigenvalue weighted by molar-refractivity contribution is 5.53. The summed E-state index contributed by atoms with van der Waals surface area (Å²) >= 11 is 0. The van der Waals surface area contributed by atoms with Gasteiger partial charge >= 0.3 is 0 Å². The number of ether oxygens (including phenoxy) is 2. The molecule has 0 aliphatic rings. The molecule has 1 unspecified atom stereocenters. The number of methoxy groups -OCH3 is 1. The van der Waals surface area contributed by atoms with Gasteiger partial charge in [-0.05, 0) is 30.2 Å². The summed E-state index contributed by atoms with van der Waals surface area (Å²) in [6, 6.07) is 16.5. The summed E-state index contributed by atoms with van der Waals surface area (Å²) in [4.78, 5) is 0. The number of rotatable bonds is 7. The van der Waals surface area contributed by atoms with Crippen molar-refractivity contribution < 1.29 is 9.47 Å². The standard InChI is InChI=1S/C20H22O2/c1-4-18(19-10-5-16(2)6-11-19)12-7-17-8-13-20(14-9-17)22-15-21-3/h4-14,18H,1,15H2,2-3H3/b12-7-. The van der Waals surface area contributed by atoms with E-state index < -0.39 is 0 Å². The van der Waals surface area contributed by atoms with Crippen LogP contribution in [-0.2, 0) is 4.74 Å². The number of allylic oxidation sites excluding steroid dienone is 2. The molecule has 2 rings (SSSR count). The Balaban J connectivity index is 2.05. The first-order valence-corrected chi connectivity index (χ1v) is 7.32. The van der Waals surface area contributed by atoms with E-state index in [1.54, 1.807) is 7.11 Å². The molecule has 1 atom stereocenters. The van der Waals surface area contributed by atoms with Crippen LogP contribution >= 0.6 is 0 Å². The van der Waals surface area contributed by atoms with E-state index in [9.17, 15) is 0 Å². The lowest BCUT2D eigenvalue weighted by molar-refractivity contribution is 0.0511. The average Bonchev–Trinajstić information content (AvgIpc) is 2.56. The van der Waals surface area contributed by atoms with E-state index in [2.05, 4.69) is 49.9 Å². The Kier molecular flexibility index (Phi) is 5.99.